The summed E-state index contributed by atoms with van der Waals surface area (Å²) in [5, 5.41) is 3.95. The highest BCUT2D eigenvalue weighted by molar-refractivity contribution is 5.79. The van der Waals surface area contributed by atoms with Crippen LogP contribution >= 0.6 is 0 Å². The highest BCUT2D eigenvalue weighted by atomic mass is 16.5. The van der Waals surface area contributed by atoms with Crippen molar-refractivity contribution in [3.05, 3.63) is 52.9 Å². The second-order valence-corrected chi connectivity index (χ2v) is 6.27. The number of hydrogen-bond acceptors (Lipinski definition) is 3. The second kappa shape index (κ2) is 5.95. The van der Waals surface area contributed by atoms with Gasteiger partial charge in [-0.15, -0.1) is 0 Å². The molecule has 0 spiro atoms. The lowest BCUT2D eigenvalue weighted by Crippen LogP contribution is -2.39. The molecule has 4 heteroatoms. The zero-order valence-corrected chi connectivity index (χ0v) is 13.4. The number of carbonyl (C=O) groups excluding carboxylic acids is 1. The number of nitrogens with zero attached hydrogens (tertiary/aromatic N) is 2. The standard InChI is InChI=1S/C18H22N2O2/c1-12-17(13(2)22-19-12)11-20(3)18(21)16-9-15(10-16)14-7-5-4-6-8-14/h4-8,15-16H,9-11H2,1-3H3. The molecule has 1 aromatic heterocycles. The third-order valence-electron chi connectivity index (χ3n) is 4.71. The SMILES string of the molecule is Cc1noc(C)c1CN(C)C(=O)C1CC(c2ccccc2)C1. The van der Waals surface area contributed by atoms with Gasteiger partial charge in [0.25, 0.3) is 0 Å². The van der Waals surface area contributed by atoms with Crippen LogP contribution in [-0.2, 0) is 11.3 Å². The Labute approximate surface area is 131 Å². The number of aromatic nitrogens is 1. The molecule has 3 rings (SSSR count). The van der Waals surface area contributed by atoms with E-state index in [1.54, 1.807) is 4.90 Å². The van der Waals surface area contributed by atoms with Gasteiger partial charge in [0.2, 0.25) is 5.91 Å². The maximum atomic E-state index is 12.5. The van der Waals surface area contributed by atoms with Crippen molar-refractivity contribution < 1.29 is 9.32 Å². The summed E-state index contributed by atoms with van der Waals surface area (Å²) in [6.07, 6.45) is 1.91. The molecule has 0 bridgehead atoms. The first-order chi connectivity index (χ1) is 10.6. The number of carbonyl (C=O) groups is 1. The summed E-state index contributed by atoms with van der Waals surface area (Å²) in [5.74, 6) is 1.71. The third-order valence-corrected chi connectivity index (χ3v) is 4.71. The minimum absolute atomic E-state index is 0.149. The average molecular weight is 298 g/mol. The summed E-state index contributed by atoms with van der Waals surface area (Å²) < 4.78 is 5.16. The Morgan fingerprint density at radius 1 is 1.27 bits per heavy atom. The normalized spacial score (nSPS) is 20.5. The van der Waals surface area contributed by atoms with E-state index in [1.807, 2.05) is 27.0 Å². The molecule has 0 radical (unpaired) electrons. The molecule has 0 N–H and O–H groups in total. The van der Waals surface area contributed by atoms with Gasteiger partial charge < -0.3 is 9.42 Å². The molecule has 4 nitrogen and oxygen atoms in total. The van der Waals surface area contributed by atoms with Crippen LogP contribution in [0.3, 0.4) is 0 Å². The molecule has 0 unspecified atom stereocenters. The molecular weight excluding hydrogens is 276 g/mol. The Balaban J connectivity index is 1.57. The van der Waals surface area contributed by atoms with E-state index < -0.39 is 0 Å². The van der Waals surface area contributed by atoms with Crippen LogP contribution in [0.15, 0.2) is 34.9 Å². The molecule has 116 valence electrons. The molecule has 2 aromatic rings. The summed E-state index contributed by atoms with van der Waals surface area (Å²) >= 11 is 0. The highest BCUT2D eigenvalue weighted by Gasteiger charge is 2.36. The molecule has 1 aliphatic rings. The Kier molecular flexibility index (Phi) is 4.01. The topological polar surface area (TPSA) is 46.3 Å². The van der Waals surface area contributed by atoms with Crippen molar-refractivity contribution in [1.82, 2.24) is 10.1 Å². The number of aryl methyl sites for hydroxylation is 2. The fraction of sp³-hybridized carbons (Fsp3) is 0.444. The van der Waals surface area contributed by atoms with Gasteiger partial charge in [0.05, 0.1) is 12.2 Å². The molecule has 1 amide bonds. The molecule has 0 saturated heterocycles. The zero-order valence-electron chi connectivity index (χ0n) is 13.4. The summed E-state index contributed by atoms with van der Waals surface area (Å²) in [7, 11) is 1.87. The third kappa shape index (κ3) is 2.78. The molecule has 1 aliphatic carbocycles. The van der Waals surface area contributed by atoms with E-state index >= 15 is 0 Å². The van der Waals surface area contributed by atoms with Gasteiger partial charge in [-0.2, -0.15) is 0 Å². The van der Waals surface area contributed by atoms with Crippen LogP contribution < -0.4 is 0 Å². The predicted molar refractivity (Wildman–Crippen MR) is 84.4 cm³/mol. The number of rotatable bonds is 4. The molecule has 1 saturated carbocycles. The average Bonchev–Trinajstić information content (AvgIpc) is 2.78. The van der Waals surface area contributed by atoms with Crippen LogP contribution in [-0.4, -0.2) is 23.0 Å². The van der Waals surface area contributed by atoms with Gasteiger partial charge in [-0.1, -0.05) is 35.5 Å². The maximum absolute atomic E-state index is 12.5. The summed E-state index contributed by atoms with van der Waals surface area (Å²) in [6.45, 7) is 4.38. The van der Waals surface area contributed by atoms with Crippen LogP contribution in [0, 0.1) is 19.8 Å². The van der Waals surface area contributed by atoms with Gasteiger partial charge in [0, 0.05) is 18.5 Å². The van der Waals surface area contributed by atoms with Crippen molar-refractivity contribution in [3.63, 3.8) is 0 Å². The number of hydrogen-bond donors (Lipinski definition) is 0. The lowest BCUT2D eigenvalue weighted by Gasteiger charge is -2.37. The lowest BCUT2D eigenvalue weighted by atomic mass is 9.71. The molecule has 0 aliphatic heterocycles. The van der Waals surface area contributed by atoms with E-state index in [0.717, 1.165) is 29.9 Å². The van der Waals surface area contributed by atoms with Crippen molar-refractivity contribution in [1.29, 1.82) is 0 Å². The first kappa shape index (κ1) is 14.8. The van der Waals surface area contributed by atoms with Crippen LogP contribution in [0.5, 0.6) is 0 Å². The van der Waals surface area contributed by atoms with Crippen LogP contribution in [0.25, 0.3) is 0 Å². The molecule has 22 heavy (non-hydrogen) atoms. The van der Waals surface area contributed by atoms with Crippen molar-refractivity contribution >= 4 is 5.91 Å². The highest BCUT2D eigenvalue weighted by Crippen LogP contribution is 2.42. The summed E-state index contributed by atoms with van der Waals surface area (Å²) in [5.41, 5.74) is 3.24. The van der Waals surface area contributed by atoms with Gasteiger partial charge in [0.15, 0.2) is 0 Å². The van der Waals surface area contributed by atoms with Gasteiger partial charge in [0.1, 0.15) is 5.76 Å². The maximum Gasteiger partial charge on any atom is 0.225 e. The summed E-state index contributed by atoms with van der Waals surface area (Å²) in [4.78, 5) is 14.3. The Morgan fingerprint density at radius 3 is 2.55 bits per heavy atom. The second-order valence-electron chi connectivity index (χ2n) is 6.27. The van der Waals surface area contributed by atoms with E-state index in [0.29, 0.717) is 12.5 Å². The van der Waals surface area contributed by atoms with Crippen LogP contribution in [0.2, 0.25) is 0 Å². The van der Waals surface area contributed by atoms with E-state index in [9.17, 15) is 4.79 Å². The predicted octanol–water partition coefficient (Wildman–Crippen LogP) is 3.44. The minimum Gasteiger partial charge on any atom is -0.361 e. The lowest BCUT2D eigenvalue weighted by molar-refractivity contribution is -0.138. The van der Waals surface area contributed by atoms with E-state index in [1.165, 1.54) is 5.56 Å². The molecular formula is C18H22N2O2. The van der Waals surface area contributed by atoms with Gasteiger partial charge in [-0.3, -0.25) is 4.79 Å². The fourth-order valence-electron chi connectivity index (χ4n) is 3.17. The van der Waals surface area contributed by atoms with Crippen LogP contribution in [0.4, 0.5) is 0 Å². The minimum atomic E-state index is 0.149. The first-order valence-corrected chi connectivity index (χ1v) is 7.78. The molecule has 1 fully saturated rings. The number of benzene rings is 1. The van der Waals surface area contributed by atoms with E-state index in [4.69, 9.17) is 4.52 Å². The summed E-state index contributed by atoms with van der Waals surface area (Å²) in [6, 6.07) is 10.5. The van der Waals surface area contributed by atoms with Crippen molar-refractivity contribution in [2.24, 2.45) is 5.92 Å². The quantitative estimate of drug-likeness (QED) is 0.868. The Hall–Kier alpha value is -2.10. The monoisotopic (exact) mass is 298 g/mol. The smallest absolute Gasteiger partial charge is 0.225 e. The van der Waals surface area contributed by atoms with E-state index in [2.05, 4.69) is 29.4 Å². The Morgan fingerprint density at radius 2 is 1.95 bits per heavy atom. The zero-order chi connectivity index (χ0) is 15.7. The Bertz CT molecular complexity index is 637. The number of amides is 1. The van der Waals surface area contributed by atoms with Gasteiger partial charge in [-0.05, 0) is 38.2 Å². The van der Waals surface area contributed by atoms with Crippen molar-refractivity contribution in [3.8, 4) is 0 Å². The fourth-order valence-corrected chi connectivity index (χ4v) is 3.17. The van der Waals surface area contributed by atoms with Crippen molar-refractivity contribution in [2.45, 2.75) is 39.2 Å². The van der Waals surface area contributed by atoms with Crippen LogP contribution in [0.1, 0.15) is 41.3 Å². The first-order valence-electron chi connectivity index (χ1n) is 7.78. The molecule has 1 heterocycles. The van der Waals surface area contributed by atoms with E-state index in [-0.39, 0.29) is 11.8 Å². The molecule has 1 aromatic carbocycles. The van der Waals surface area contributed by atoms with Gasteiger partial charge in [-0.25, -0.2) is 0 Å². The largest absolute Gasteiger partial charge is 0.361 e. The molecule has 0 atom stereocenters. The van der Waals surface area contributed by atoms with Crippen molar-refractivity contribution in [2.75, 3.05) is 7.05 Å². The van der Waals surface area contributed by atoms with Gasteiger partial charge >= 0.3 is 0 Å².